The first-order valence-electron chi connectivity index (χ1n) is 6.92. The van der Waals surface area contributed by atoms with Crippen molar-refractivity contribution in [1.29, 1.82) is 0 Å². The molecule has 1 heterocycles. The molecule has 0 aliphatic carbocycles. The maximum atomic E-state index is 11.4. The SMILES string of the molecule is COC(=O)c1ccc(COc2cccc3cccnc23)cc1. The van der Waals surface area contributed by atoms with Gasteiger partial charge in [0, 0.05) is 11.6 Å². The monoisotopic (exact) mass is 293 g/mol. The third kappa shape index (κ3) is 2.91. The van der Waals surface area contributed by atoms with Gasteiger partial charge in [-0.25, -0.2) is 4.79 Å². The first-order chi connectivity index (χ1) is 10.8. The highest BCUT2D eigenvalue weighted by atomic mass is 16.5. The number of carbonyl (C=O) groups excluding carboxylic acids is 1. The predicted molar refractivity (Wildman–Crippen MR) is 83.9 cm³/mol. The van der Waals surface area contributed by atoms with Gasteiger partial charge in [-0.3, -0.25) is 4.98 Å². The Hall–Kier alpha value is -2.88. The summed E-state index contributed by atoms with van der Waals surface area (Å²) in [6, 6.07) is 16.9. The van der Waals surface area contributed by atoms with Gasteiger partial charge in [-0.05, 0) is 29.8 Å². The minimum atomic E-state index is -0.342. The number of carbonyl (C=O) groups is 1. The first kappa shape index (κ1) is 14.1. The first-order valence-corrected chi connectivity index (χ1v) is 6.92. The molecule has 0 saturated carbocycles. The smallest absolute Gasteiger partial charge is 0.337 e. The normalized spacial score (nSPS) is 10.4. The van der Waals surface area contributed by atoms with Gasteiger partial charge in [0.05, 0.1) is 12.7 Å². The van der Waals surface area contributed by atoms with E-state index < -0.39 is 0 Å². The summed E-state index contributed by atoms with van der Waals surface area (Å²) in [6.07, 6.45) is 1.75. The average molecular weight is 293 g/mol. The van der Waals surface area contributed by atoms with Crippen LogP contribution in [0, 0.1) is 0 Å². The Morgan fingerprint density at radius 1 is 1.05 bits per heavy atom. The van der Waals surface area contributed by atoms with Crippen LogP contribution >= 0.6 is 0 Å². The van der Waals surface area contributed by atoms with Gasteiger partial charge >= 0.3 is 5.97 Å². The van der Waals surface area contributed by atoms with Crippen LogP contribution in [0.15, 0.2) is 60.8 Å². The molecule has 0 atom stereocenters. The molecule has 4 heteroatoms. The number of aromatic nitrogens is 1. The van der Waals surface area contributed by atoms with Gasteiger partial charge in [0.1, 0.15) is 17.9 Å². The van der Waals surface area contributed by atoms with Crippen molar-refractivity contribution in [2.24, 2.45) is 0 Å². The van der Waals surface area contributed by atoms with E-state index in [9.17, 15) is 4.79 Å². The molecule has 0 N–H and O–H groups in total. The van der Waals surface area contributed by atoms with Crippen molar-refractivity contribution in [1.82, 2.24) is 4.98 Å². The summed E-state index contributed by atoms with van der Waals surface area (Å²) in [4.78, 5) is 15.7. The second-order valence-electron chi connectivity index (χ2n) is 4.81. The van der Waals surface area contributed by atoms with Crippen molar-refractivity contribution in [3.05, 3.63) is 71.9 Å². The predicted octanol–water partition coefficient (Wildman–Crippen LogP) is 3.60. The Kier molecular flexibility index (Phi) is 4.01. The minimum absolute atomic E-state index is 0.342. The lowest BCUT2D eigenvalue weighted by Crippen LogP contribution is -2.02. The molecule has 22 heavy (non-hydrogen) atoms. The number of para-hydroxylation sites is 1. The summed E-state index contributed by atoms with van der Waals surface area (Å²) in [6.45, 7) is 0.414. The van der Waals surface area contributed by atoms with Gasteiger partial charge in [-0.1, -0.05) is 30.3 Å². The molecule has 0 aliphatic heterocycles. The molecule has 0 spiro atoms. The highest BCUT2D eigenvalue weighted by Crippen LogP contribution is 2.23. The fourth-order valence-electron chi connectivity index (χ4n) is 2.21. The Morgan fingerprint density at radius 2 is 1.82 bits per heavy atom. The molecule has 110 valence electrons. The van der Waals surface area contributed by atoms with Crippen LogP contribution in [0.4, 0.5) is 0 Å². The van der Waals surface area contributed by atoms with Gasteiger partial charge in [-0.2, -0.15) is 0 Å². The summed E-state index contributed by atoms with van der Waals surface area (Å²) in [7, 11) is 1.37. The van der Waals surface area contributed by atoms with Crippen LogP contribution in [-0.4, -0.2) is 18.1 Å². The fraction of sp³-hybridized carbons (Fsp3) is 0.111. The van der Waals surface area contributed by atoms with E-state index in [0.29, 0.717) is 12.2 Å². The van der Waals surface area contributed by atoms with Crippen LogP contribution in [0.2, 0.25) is 0 Å². The van der Waals surface area contributed by atoms with Crippen LogP contribution < -0.4 is 4.74 Å². The molecule has 3 aromatic rings. The van der Waals surface area contributed by atoms with Gasteiger partial charge in [0.15, 0.2) is 0 Å². The number of hydrogen-bond donors (Lipinski definition) is 0. The molecular weight excluding hydrogens is 278 g/mol. The molecule has 0 radical (unpaired) electrons. The van der Waals surface area contributed by atoms with Gasteiger partial charge in [-0.15, -0.1) is 0 Å². The summed E-state index contributed by atoms with van der Waals surface area (Å²) in [5.41, 5.74) is 2.34. The number of pyridine rings is 1. The van der Waals surface area contributed by atoms with E-state index in [1.54, 1.807) is 18.3 Å². The Balaban J connectivity index is 1.75. The van der Waals surface area contributed by atoms with Crippen molar-refractivity contribution in [2.45, 2.75) is 6.61 Å². The third-order valence-electron chi connectivity index (χ3n) is 3.37. The van der Waals surface area contributed by atoms with Crippen molar-refractivity contribution >= 4 is 16.9 Å². The zero-order chi connectivity index (χ0) is 15.4. The van der Waals surface area contributed by atoms with E-state index >= 15 is 0 Å². The van der Waals surface area contributed by atoms with Crippen molar-refractivity contribution in [2.75, 3.05) is 7.11 Å². The van der Waals surface area contributed by atoms with E-state index in [0.717, 1.165) is 22.2 Å². The van der Waals surface area contributed by atoms with Crippen molar-refractivity contribution in [3.8, 4) is 5.75 Å². The zero-order valence-electron chi connectivity index (χ0n) is 12.2. The highest BCUT2D eigenvalue weighted by molar-refractivity contribution is 5.89. The van der Waals surface area contributed by atoms with Crippen molar-refractivity contribution < 1.29 is 14.3 Å². The molecular formula is C18H15NO3. The van der Waals surface area contributed by atoms with E-state index in [1.165, 1.54) is 7.11 Å². The molecule has 0 amide bonds. The fourth-order valence-corrected chi connectivity index (χ4v) is 2.21. The average Bonchev–Trinajstić information content (AvgIpc) is 2.59. The van der Waals surface area contributed by atoms with Crippen molar-refractivity contribution in [3.63, 3.8) is 0 Å². The lowest BCUT2D eigenvalue weighted by Gasteiger charge is -2.09. The quantitative estimate of drug-likeness (QED) is 0.690. The van der Waals surface area contributed by atoms with Gasteiger partial charge in [0.2, 0.25) is 0 Å². The van der Waals surface area contributed by atoms with E-state index in [-0.39, 0.29) is 5.97 Å². The number of rotatable bonds is 4. The molecule has 1 aromatic heterocycles. The number of benzene rings is 2. The number of esters is 1. The van der Waals surface area contributed by atoms with E-state index in [2.05, 4.69) is 9.72 Å². The molecule has 0 saturated heterocycles. The van der Waals surface area contributed by atoms with Gasteiger partial charge in [0.25, 0.3) is 0 Å². The molecule has 4 nitrogen and oxygen atoms in total. The number of fused-ring (bicyclic) bond motifs is 1. The summed E-state index contributed by atoms with van der Waals surface area (Å²) in [5.74, 6) is 0.404. The maximum absolute atomic E-state index is 11.4. The molecule has 0 bridgehead atoms. The largest absolute Gasteiger partial charge is 0.487 e. The third-order valence-corrected chi connectivity index (χ3v) is 3.37. The topological polar surface area (TPSA) is 48.4 Å². The number of nitrogens with zero attached hydrogens (tertiary/aromatic N) is 1. The van der Waals surface area contributed by atoms with E-state index in [4.69, 9.17) is 4.74 Å². The zero-order valence-corrected chi connectivity index (χ0v) is 12.2. The lowest BCUT2D eigenvalue weighted by molar-refractivity contribution is 0.0600. The standard InChI is InChI=1S/C18H15NO3/c1-21-18(20)15-9-7-13(8-10-15)12-22-16-6-2-4-14-5-3-11-19-17(14)16/h2-11H,12H2,1H3. The second kappa shape index (κ2) is 6.26. The summed E-state index contributed by atoms with van der Waals surface area (Å²) in [5, 5.41) is 1.04. The van der Waals surface area contributed by atoms with Crippen LogP contribution in [0.5, 0.6) is 5.75 Å². The van der Waals surface area contributed by atoms with Crippen LogP contribution in [0.1, 0.15) is 15.9 Å². The summed E-state index contributed by atoms with van der Waals surface area (Å²) < 4.78 is 10.5. The summed E-state index contributed by atoms with van der Waals surface area (Å²) >= 11 is 0. The molecule has 0 unspecified atom stereocenters. The Labute approximate surface area is 128 Å². The lowest BCUT2D eigenvalue weighted by atomic mass is 10.1. The van der Waals surface area contributed by atoms with Crippen LogP contribution in [0.3, 0.4) is 0 Å². The number of methoxy groups -OCH3 is 1. The van der Waals surface area contributed by atoms with Crippen LogP contribution in [0.25, 0.3) is 10.9 Å². The van der Waals surface area contributed by atoms with E-state index in [1.807, 2.05) is 42.5 Å². The number of hydrogen-bond acceptors (Lipinski definition) is 4. The molecule has 0 aliphatic rings. The van der Waals surface area contributed by atoms with Crippen LogP contribution in [-0.2, 0) is 11.3 Å². The number of ether oxygens (including phenoxy) is 2. The minimum Gasteiger partial charge on any atom is -0.487 e. The second-order valence-corrected chi connectivity index (χ2v) is 4.81. The molecule has 3 rings (SSSR count). The Morgan fingerprint density at radius 3 is 2.59 bits per heavy atom. The molecule has 0 fully saturated rings. The Bertz CT molecular complexity index is 792. The van der Waals surface area contributed by atoms with Gasteiger partial charge < -0.3 is 9.47 Å². The highest BCUT2D eigenvalue weighted by Gasteiger charge is 2.06. The maximum Gasteiger partial charge on any atom is 0.337 e. The molecule has 2 aromatic carbocycles.